The van der Waals surface area contributed by atoms with Crippen molar-refractivity contribution in [3.05, 3.63) is 48.7 Å². The van der Waals surface area contributed by atoms with E-state index in [1.54, 1.807) is 6.20 Å². The third kappa shape index (κ3) is 4.39. The largest absolute Gasteiger partial charge is 0.354 e. The Morgan fingerprint density at radius 3 is 2.83 bits per heavy atom. The number of anilines is 1. The van der Waals surface area contributed by atoms with Gasteiger partial charge in [-0.2, -0.15) is 5.10 Å². The fraction of sp³-hybridized carbons (Fsp3) is 0.444. The van der Waals surface area contributed by atoms with Crippen LogP contribution in [0.2, 0.25) is 0 Å². The second-order valence-electron chi connectivity index (χ2n) is 6.17. The molecule has 1 saturated heterocycles. The summed E-state index contributed by atoms with van der Waals surface area (Å²) >= 11 is 0. The molecule has 0 unspecified atom stereocenters. The predicted molar refractivity (Wildman–Crippen MR) is 97.6 cm³/mol. The molecule has 0 aliphatic carbocycles. The Morgan fingerprint density at radius 1 is 1.25 bits per heavy atom. The van der Waals surface area contributed by atoms with Crippen LogP contribution in [0.5, 0.6) is 0 Å². The molecule has 128 valence electrons. The van der Waals surface area contributed by atoms with Gasteiger partial charge in [-0.1, -0.05) is 18.2 Å². The number of rotatable bonds is 6. The lowest BCUT2D eigenvalue weighted by atomic mass is 10.0. The Morgan fingerprint density at radius 2 is 2.08 bits per heavy atom. The van der Waals surface area contributed by atoms with E-state index in [-0.39, 0.29) is 0 Å². The standard InChI is InChI=1S/C18H24N4OS/c1-21(13-14-24(23)17-8-3-2-4-9-17)16-7-6-12-22(15-16)18-10-5-11-19-20-18/h2-5,8-11,16H,6-7,12-15H2,1H3/t16-,24+/m0/s1. The molecule has 2 heterocycles. The SMILES string of the molecule is CN(CC[S@@](=O)c1ccccc1)[C@H]1CCCN(c2cccnn2)C1. The molecule has 0 N–H and O–H groups in total. The van der Waals surface area contributed by atoms with Crippen LogP contribution in [0.3, 0.4) is 0 Å². The smallest absolute Gasteiger partial charge is 0.151 e. The Bertz CT molecular complexity index is 653. The first-order valence-electron chi connectivity index (χ1n) is 8.40. The highest BCUT2D eigenvalue weighted by Crippen LogP contribution is 2.19. The molecule has 2 atom stereocenters. The van der Waals surface area contributed by atoms with Gasteiger partial charge >= 0.3 is 0 Å². The molecule has 0 bridgehead atoms. The van der Waals surface area contributed by atoms with Gasteiger partial charge in [0.25, 0.3) is 0 Å². The maximum atomic E-state index is 12.4. The lowest BCUT2D eigenvalue weighted by molar-refractivity contribution is 0.226. The number of likely N-dealkylation sites (N-methyl/N-ethyl adjacent to an activating group) is 1. The maximum absolute atomic E-state index is 12.4. The van der Waals surface area contributed by atoms with E-state index in [4.69, 9.17) is 0 Å². The first-order chi connectivity index (χ1) is 11.7. The molecule has 1 aliphatic heterocycles. The minimum absolute atomic E-state index is 0.466. The topological polar surface area (TPSA) is 49.3 Å². The van der Waals surface area contributed by atoms with Crippen molar-refractivity contribution in [3.8, 4) is 0 Å². The molecular weight excluding hydrogens is 320 g/mol. The molecule has 24 heavy (non-hydrogen) atoms. The Labute approximate surface area is 146 Å². The van der Waals surface area contributed by atoms with Crippen LogP contribution in [0.25, 0.3) is 0 Å². The molecule has 0 saturated carbocycles. The van der Waals surface area contributed by atoms with Crippen LogP contribution < -0.4 is 4.90 Å². The number of piperidine rings is 1. The van der Waals surface area contributed by atoms with Gasteiger partial charge in [-0.3, -0.25) is 4.21 Å². The minimum Gasteiger partial charge on any atom is -0.354 e. The highest BCUT2D eigenvalue weighted by Gasteiger charge is 2.24. The van der Waals surface area contributed by atoms with Crippen LogP contribution in [0, 0.1) is 0 Å². The van der Waals surface area contributed by atoms with Crippen LogP contribution >= 0.6 is 0 Å². The number of hydrogen-bond donors (Lipinski definition) is 0. The van der Waals surface area contributed by atoms with Crippen molar-refractivity contribution in [3.63, 3.8) is 0 Å². The molecular formula is C18H24N4OS. The summed E-state index contributed by atoms with van der Waals surface area (Å²) in [5, 5.41) is 8.20. The molecule has 1 fully saturated rings. The first-order valence-corrected chi connectivity index (χ1v) is 9.72. The van der Waals surface area contributed by atoms with Gasteiger partial charge in [0.05, 0.1) is 10.8 Å². The van der Waals surface area contributed by atoms with Crippen molar-refractivity contribution >= 4 is 16.6 Å². The Kier molecular flexibility index (Phi) is 5.93. The van der Waals surface area contributed by atoms with Gasteiger partial charge < -0.3 is 9.80 Å². The molecule has 0 radical (unpaired) electrons. The summed E-state index contributed by atoms with van der Waals surface area (Å²) < 4.78 is 12.4. The minimum atomic E-state index is -0.931. The highest BCUT2D eigenvalue weighted by molar-refractivity contribution is 7.85. The summed E-state index contributed by atoms with van der Waals surface area (Å²) in [4.78, 5) is 5.55. The van der Waals surface area contributed by atoms with E-state index >= 15 is 0 Å². The molecule has 5 nitrogen and oxygen atoms in total. The van der Waals surface area contributed by atoms with Crippen LogP contribution in [0.1, 0.15) is 12.8 Å². The van der Waals surface area contributed by atoms with Crippen LogP contribution in [0.4, 0.5) is 5.82 Å². The second-order valence-corrected chi connectivity index (χ2v) is 7.74. The van der Waals surface area contributed by atoms with Gasteiger partial charge in [-0.05, 0) is 44.2 Å². The van der Waals surface area contributed by atoms with E-state index in [0.29, 0.717) is 11.8 Å². The summed E-state index contributed by atoms with van der Waals surface area (Å²) in [6, 6.07) is 14.1. The summed E-state index contributed by atoms with van der Waals surface area (Å²) in [7, 11) is 1.20. The van der Waals surface area contributed by atoms with Crippen molar-refractivity contribution in [2.75, 3.05) is 37.3 Å². The van der Waals surface area contributed by atoms with E-state index in [9.17, 15) is 4.21 Å². The quantitative estimate of drug-likeness (QED) is 0.804. The molecule has 1 aromatic carbocycles. The number of hydrogen-bond acceptors (Lipinski definition) is 5. The second kappa shape index (κ2) is 8.35. The van der Waals surface area contributed by atoms with E-state index < -0.39 is 10.8 Å². The van der Waals surface area contributed by atoms with Gasteiger partial charge in [0, 0.05) is 42.5 Å². The van der Waals surface area contributed by atoms with Gasteiger partial charge in [0.1, 0.15) is 0 Å². The molecule has 2 aromatic rings. The summed E-state index contributed by atoms with van der Waals surface area (Å²) in [6.07, 6.45) is 4.02. The molecule has 1 aliphatic rings. The molecule has 0 spiro atoms. The van der Waals surface area contributed by atoms with Crippen LogP contribution in [0.15, 0.2) is 53.6 Å². The molecule has 6 heteroatoms. The summed E-state index contributed by atoms with van der Waals surface area (Å²) in [5.74, 6) is 1.62. The van der Waals surface area contributed by atoms with E-state index in [2.05, 4.69) is 27.0 Å². The van der Waals surface area contributed by atoms with Crippen molar-refractivity contribution in [1.82, 2.24) is 15.1 Å². The number of benzene rings is 1. The third-order valence-electron chi connectivity index (χ3n) is 4.54. The zero-order valence-electron chi connectivity index (χ0n) is 14.0. The fourth-order valence-corrected chi connectivity index (χ4v) is 4.23. The Balaban J connectivity index is 1.53. The van der Waals surface area contributed by atoms with E-state index in [0.717, 1.165) is 36.8 Å². The van der Waals surface area contributed by atoms with Crippen molar-refractivity contribution in [1.29, 1.82) is 0 Å². The van der Waals surface area contributed by atoms with Gasteiger partial charge in [-0.25, -0.2) is 0 Å². The van der Waals surface area contributed by atoms with Crippen molar-refractivity contribution < 1.29 is 4.21 Å². The Hall–Kier alpha value is -1.79. The zero-order valence-corrected chi connectivity index (χ0v) is 14.9. The predicted octanol–water partition coefficient (Wildman–Crippen LogP) is 2.19. The van der Waals surface area contributed by atoms with Crippen LogP contribution in [-0.2, 0) is 10.8 Å². The van der Waals surface area contributed by atoms with E-state index in [1.165, 1.54) is 6.42 Å². The summed E-state index contributed by atoms with van der Waals surface area (Å²) in [6.45, 7) is 2.81. The maximum Gasteiger partial charge on any atom is 0.151 e. The van der Waals surface area contributed by atoms with E-state index in [1.807, 2.05) is 42.5 Å². The number of nitrogens with zero attached hydrogens (tertiary/aromatic N) is 4. The van der Waals surface area contributed by atoms with Gasteiger partial charge in [-0.15, -0.1) is 5.10 Å². The monoisotopic (exact) mass is 344 g/mol. The normalized spacial score (nSPS) is 19.4. The van der Waals surface area contributed by atoms with Gasteiger partial charge in [0.2, 0.25) is 0 Å². The molecule has 3 rings (SSSR count). The first kappa shape index (κ1) is 17.0. The van der Waals surface area contributed by atoms with Crippen LogP contribution in [-0.4, -0.2) is 57.8 Å². The average Bonchev–Trinajstić information content (AvgIpc) is 2.67. The van der Waals surface area contributed by atoms with Gasteiger partial charge in [0.15, 0.2) is 5.82 Å². The lowest BCUT2D eigenvalue weighted by Crippen LogP contribution is -2.47. The number of aromatic nitrogens is 2. The fourth-order valence-electron chi connectivity index (χ4n) is 3.08. The summed E-state index contributed by atoms with van der Waals surface area (Å²) in [5.41, 5.74) is 0. The molecule has 0 amide bonds. The average molecular weight is 344 g/mol. The third-order valence-corrected chi connectivity index (χ3v) is 5.89. The zero-order chi connectivity index (χ0) is 16.8. The van der Waals surface area contributed by atoms with Crippen molar-refractivity contribution in [2.24, 2.45) is 0 Å². The highest BCUT2D eigenvalue weighted by atomic mass is 32.2. The lowest BCUT2D eigenvalue weighted by Gasteiger charge is -2.38. The molecule has 1 aromatic heterocycles. The van der Waals surface area contributed by atoms with Crippen molar-refractivity contribution in [2.45, 2.75) is 23.8 Å².